The average Bonchev–Trinajstić information content (AvgIpc) is 2.45. The Labute approximate surface area is 122 Å². The molecular weight excluding hydrogens is 248 g/mol. The van der Waals surface area contributed by atoms with Crippen molar-refractivity contribution in [2.24, 2.45) is 0 Å². The molecule has 2 atom stereocenters. The molecule has 3 heteroatoms. The smallest absolute Gasteiger partial charge is 0.237 e. The van der Waals surface area contributed by atoms with Gasteiger partial charge in [-0.05, 0) is 32.8 Å². The van der Waals surface area contributed by atoms with Crippen molar-refractivity contribution in [3.8, 4) is 0 Å². The SMILES string of the molecule is CCC(C)NC(=O)C(C)NC/C(C)=C/c1ccccc1. The Hall–Kier alpha value is -1.61. The summed E-state index contributed by atoms with van der Waals surface area (Å²) in [6.07, 6.45) is 3.08. The van der Waals surface area contributed by atoms with E-state index >= 15 is 0 Å². The third-order valence-electron chi connectivity index (χ3n) is 3.29. The number of rotatable bonds is 7. The van der Waals surface area contributed by atoms with E-state index in [1.165, 1.54) is 11.1 Å². The molecule has 0 aliphatic carbocycles. The molecule has 0 bridgehead atoms. The average molecular weight is 274 g/mol. The lowest BCUT2D eigenvalue weighted by Crippen LogP contribution is -2.45. The fraction of sp³-hybridized carbons (Fsp3) is 0.471. The van der Waals surface area contributed by atoms with Crippen molar-refractivity contribution in [2.45, 2.75) is 46.2 Å². The molecule has 0 radical (unpaired) electrons. The standard InChI is InChI=1S/C17H26N2O/c1-5-14(3)19-17(20)15(4)18-12-13(2)11-16-9-7-6-8-10-16/h6-11,14-15,18H,5,12H2,1-4H3,(H,19,20)/b13-11+. The molecule has 0 aromatic heterocycles. The molecule has 1 rings (SSSR count). The summed E-state index contributed by atoms with van der Waals surface area (Å²) in [6, 6.07) is 10.2. The van der Waals surface area contributed by atoms with Gasteiger partial charge < -0.3 is 10.6 Å². The van der Waals surface area contributed by atoms with Gasteiger partial charge in [0, 0.05) is 12.6 Å². The Balaban J connectivity index is 2.42. The highest BCUT2D eigenvalue weighted by molar-refractivity contribution is 5.81. The Morgan fingerprint density at radius 3 is 2.50 bits per heavy atom. The maximum Gasteiger partial charge on any atom is 0.237 e. The number of benzene rings is 1. The van der Waals surface area contributed by atoms with Crippen LogP contribution in [0, 0.1) is 0 Å². The first-order chi connectivity index (χ1) is 9.52. The van der Waals surface area contributed by atoms with E-state index in [9.17, 15) is 4.79 Å². The first kappa shape index (κ1) is 16.4. The molecule has 1 amide bonds. The zero-order valence-electron chi connectivity index (χ0n) is 12.9. The van der Waals surface area contributed by atoms with Crippen molar-refractivity contribution >= 4 is 12.0 Å². The van der Waals surface area contributed by atoms with Gasteiger partial charge in [-0.1, -0.05) is 48.9 Å². The lowest BCUT2D eigenvalue weighted by atomic mass is 10.1. The number of carbonyl (C=O) groups is 1. The highest BCUT2D eigenvalue weighted by Crippen LogP contribution is 2.05. The van der Waals surface area contributed by atoms with Crippen LogP contribution >= 0.6 is 0 Å². The molecule has 0 heterocycles. The fourth-order valence-corrected chi connectivity index (χ4v) is 1.76. The molecule has 110 valence electrons. The Kier molecular flexibility index (Phi) is 7.02. The molecule has 0 saturated heterocycles. The van der Waals surface area contributed by atoms with Crippen LogP contribution in [0.5, 0.6) is 0 Å². The first-order valence-corrected chi connectivity index (χ1v) is 7.29. The Morgan fingerprint density at radius 2 is 1.90 bits per heavy atom. The van der Waals surface area contributed by atoms with Crippen molar-refractivity contribution in [1.29, 1.82) is 0 Å². The molecule has 0 fully saturated rings. The molecule has 0 aliphatic rings. The summed E-state index contributed by atoms with van der Waals surface area (Å²) in [5.74, 6) is 0.0619. The van der Waals surface area contributed by atoms with E-state index in [1.54, 1.807) is 0 Å². The van der Waals surface area contributed by atoms with E-state index in [0.29, 0.717) is 6.54 Å². The van der Waals surface area contributed by atoms with Crippen LogP contribution in [0.25, 0.3) is 6.08 Å². The number of carbonyl (C=O) groups excluding carboxylic acids is 1. The molecule has 0 saturated carbocycles. The van der Waals surface area contributed by atoms with Crippen LogP contribution in [0.3, 0.4) is 0 Å². The highest BCUT2D eigenvalue weighted by Gasteiger charge is 2.13. The van der Waals surface area contributed by atoms with Crippen LogP contribution in [0.1, 0.15) is 39.7 Å². The Morgan fingerprint density at radius 1 is 1.25 bits per heavy atom. The summed E-state index contributed by atoms with van der Waals surface area (Å²) in [4.78, 5) is 11.9. The third kappa shape index (κ3) is 6.02. The molecule has 2 unspecified atom stereocenters. The zero-order chi connectivity index (χ0) is 15.0. The van der Waals surface area contributed by atoms with Crippen LogP contribution in [-0.4, -0.2) is 24.5 Å². The van der Waals surface area contributed by atoms with Gasteiger partial charge in [-0.15, -0.1) is 0 Å². The largest absolute Gasteiger partial charge is 0.352 e. The molecule has 1 aromatic carbocycles. The molecule has 0 spiro atoms. The number of nitrogens with one attached hydrogen (secondary N) is 2. The lowest BCUT2D eigenvalue weighted by molar-refractivity contribution is -0.123. The normalized spacial score (nSPS) is 14.7. The summed E-state index contributed by atoms with van der Waals surface area (Å²) in [6.45, 7) is 8.76. The first-order valence-electron chi connectivity index (χ1n) is 7.29. The van der Waals surface area contributed by atoms with Gasteiger partial charge in [0.2, 0.25) is 5.91 Å². The van der Waals surface area contributed by atoms with E-state index in [-0.39, 0.29) is 18.0 Å². The van der Waals surface area contributed by atoms with Gasteiger partial charge in [0.1, 0.15) is 0 Å². The lowest BCUT2D eigenvalue weighted by Gasteiger charge is -2.17. The van der Waals surface area contributed by atoms with Crippen molar-refractivity contribution in [3.63, 3.8) is 0 Å². The highest BCUT2D eigenvalue weighted by atomic mass is 16.2. The second-order valence-electron chi connectivity index (χ2n) is 5.32. The summed E-state index contributed by atoms with van der Waals surface area (Å²) in [5, 5.41) is 6.23. The monoisotopic (exact) mass is 274 g/mol. The van der Waals surface area contributed by atoms with E-state index in [2.05, 4.69) is 42.7 Å². The maximum atomic E-state index is 11.9. The van der Waals surface area contributed by atoms with E-state index in [0.717, 1.165) is 6.42 Å². The topological polar surface area (TPSA) is 41.1 Å². The van der Waals surface area contributed by atoms with Crippen molar-refractivity contribution in [3.05, 3.63) is 41.5 Å². The number of hydrogen-bond donors (Lipinski definition) is 2. The van der Waals surface area contributed by atoms with Gasteiger partial charge in [-0.3, -0.25) is 4.79 Å². The second kappa shape index (κ2) is 8.54. The number of amides is 1. The van der Waals surface area contributed by atoms with Crippen LogP contribution in [0.15, 0.2) is 35.9 Å². The van der Waals surface area contributed by atoms with Gasteiger partial charge in [-0.25, -0.2) is 0 Å². The van der Waals surface area contributed by atoms with Crippen molar-refractivity contribution < 1.29 is 4.79 Å². The molecule has 0 aliphatic heterocycles. The molecule has 2 N–H and O–H groups in total. The summed E-state index contributed by atoms with van der Waals surface area (Å²) in [7, 11) is 0. The third-order valence-corrected chi connectivity index (χ3v) is 3.29. The van der Waals surface area contributed by atoms with E-state index in [1.807, 2.05) is 32.0 Å². The van der Waals surface area contributed by atoms with Gasteiger partial charge in [0.15, 0.2) is 0 Å². The van der Waals surface area contributed by atoms with Gasteiger partial charge in [0.25, 0.3) is 0 Å². The van der Waals surface area contributed by atoms with Crippen molar-refractivity contribution in [1.82, 2.24) is 10.6 Å². The summed E-state index contributed by atoms with van der Waals surface area (Å²) in [5.41, 5.74) is 2.39. The summed E-state index contributed by atoms with van der Waals surface area (Å²) >= 11 is 0. The molecule has 20 heavy (non-hydrogen) atoms. The predicted molar refractivity (Wildman–Crippen MR) is 85.5 cm³/mol. The van der Waals surface area contributed by atoms with Gasteiger partial charge in [0.05, 0.1) is 6.04 Å². The zero-order valence-corrected chi connectivity index (χ0v) is 12.9. The quantitative estimate of drug-likeness (QED) is 0.802. The van der Waals surface area contributed by atoms with Gasteiger partial charge in [-0.2, -0.15) is 0 Å². The second-order valence-corrected chi connectivity index (χ2v) is 5.32. The van der Waals surface area contributed by atoms with Gasteiger partial charge >= 0.3 is 0 Å². The molecule has 1 aromatic rings. The maximum absolute atomic E-state index is 11.9. The predicted octanol–water partition coefficient (Wildman–Crippen LogP) is 2.98. The van der Waals surface area contributed by atoms with Crippen LogP contribution in [0.2, 0.25) is 0 Å². The minimum atomic E-state index is -0.178. The fourth-order valence-electron chi connectivity index (χ4n) is 1.76. The minimum absolute atomic E-state index is 0.0619. The van der Waals surface area contributed by atoms with Crippen LogP contribution < -0.4 is 10.6 Å². The van der Waals surface area contributed by atoms with Crippen molar-refractivity contribution in [2.75, 3.05) is 6.54 Å². The summed E-state index contributed by atoms with van der Waals surface area (Å²) < 4.78 is 0. The number of hydrogen-bond acceptors (Lipinski definition) is 2. The molecular formula is C17H26N2O. The Bertz CT molecular complexity index is 440. The van der Waals surface area contributed by atoms with E-state index in [4.69, 9.17) is 0 Å². The minimum Gasteiger partial charge on any atom is -0.352 e. The van der Waals surface area contributed by atoms with Crippen LogP contribution in [0.4, 0.5) is 0 Å². The van der Waals surface area contributed by atoms with E-state index < -0.39 is 0 Å². The molecule has 3 nitrogen and oxygen atoms in total. The van der Waals surface area contributed by atoms with Crippen LogP contribution in [-0.2, 0) is 4.79 Å².